The molecule has 0 amide bonds. The smallest absolute Gasteiger partial charge is 0.210 e. The molecular weight excluding hydrogens is 836 g/mol. The first-order chi connectivity index (χ1) is 27.0. The molecule has 0 N–H and O–H groups in total. The summed E-state index contributed by atoms with van der Waals surface area (Å²) < 4.78 is 4.80. The number of unbranched alkanes of at least 4 members (excludes halogenated alkanes) is 4. The van der Waals surface area contributed by atoms with Gasteiger partial charge in [-0.1, -0.05) is 139 Å². The fraction of sp³-hybridized carbons (Fsp3) is 0.314. The minimum absolute atomic E-state index is 0.190. The van der Waals surface area contributed by atoms with E-state index in [0.717, 1.165) is 51.1 Å². The summed E-state index contributed by atoms with van der Waals surface area (Å²) in [7, 11) is 0. The number of nitrogens with zero attached hydrogens (tertiary/aromatic N) is 2. The zero-order valence-electron chi connectivity index (χ0n) is 33.6. The summed E-state index contributed by atoms with van der Waals surface area (Å²) >= 11 is 15.0. The molecule has 0 fully saturated rings. The van der Waals surface area contributed by atoms with Gasteiger partial charge in [-0.2, -0.15) is 4.58 Å². The molecule has 0 saturated heterocycles. The van der Waals surface area contributed by atoms with Crippen LogP contribution in [0.15, 0.2) is 129 Å². The average Bonchev–Trinajstić information content (AvgIpc) is 3.66. The Morgan fingerprint density at radius 3 is 2.02 bits per heavy atom. The average molecular weight is 888 g/mol. The lowest BCUT2D eigenvalue weighted by Crippen LogP contribution is -2.28. The minimum Gasteiger partial charge on any atom is -0.344 e. The summed E-state index contributed by atoms with van der Waals surface area (Å²) in [5.74, 6) is 0. The van der Waals surface area contributed by atoms with E-state index in [-0.39, 0.29) is 10.8 Å². The molecule has 5 aromatic carbocycles. The van der Waals surface area contributed by atoms with Gasteiger partial charge < -0.3 is 4.90 Å². The molecular formula is C51H52Br2ClN2+. The third-order valence-electron chi connectivity index (χ3n) is 12.4. The third-order valence-corrected chi connectivity index (χ3v) is 13.8. The number of rotatable bonds is 11. The second kappa shape index (κ2) is 15.6. The van der Waals surface area contributed by atoms with Crippen LogP contribution in [-0.4, -0.2) is 23.4 Å². The first kappa shape index (κ1) is 39.1. The predicted molar refractivity (Wildman–Crippen MR) is 250 cm³/mol. The van der Waals surface area contributed by atoms with E-state index >= 15 is 0 Å². The second-order valence-corrected chi connectivity index (χ2v) is 19.0. The molecule has 1 aliphatic carbocycles. The van der Waals surface area contributed by atoms with Gasteiger partial charge in [0, 0.05) is 67.6 Å². The van der Waals surface area contributed by atoms with E-state index in [0.29, 0.717) is 0 Å². The van der Waals surface area contributed by atoms with Gasteiger partial charge in [-0.25, -0.2) is 0 Å². The zero-order chi connectivity index (χ0) is 39.4. The predicted octanol–water partition coefficient (Wildman–Crippen LogP) is 15.6. The van der Waals surface area contributed by atoms with Gasteiger partial charge in [0.25, 0.3) is 0 Å². The fourth-order valence-corrected chi connectivity index (χ4v) is 10.7. The molecule has 56 heavy (non-hydrogen) atoms. The van der Waals surface area contributed by atoms with Gasteiger partial charge in [-0.3, -0.25) is 0 Å². The normalized spacial score (nSPS) is 18.4. The molecule has 0 bridgehead atoms. The largest absolute Gasteiger partial charge is 0.344 e. The summed E-state index contributed by atoms with van der Waals surface area (Å²) in [5, 5.41) is 5.99. The van der Waals surface area contributed by atoms with Gasteiger partial charge in [0.15, 0.2) is 5.71 Å². The summed E-state index contributed by atoms with van der Waals surface area (Å²) in [5.41, 5.74) is 12.2. The van der Waals surface area contributed by atoms with Gasteiger partial charge in [-0.15, -0.1) is 0 Å². The van der Waals surface area contributed by atoms with Crippen LogP contribution in [0.25, 0.3) is 32.7 Å². The van der Waals surface area contributed by atoms with Crippen molar-refractivity contribution in [2.45, 2.75) is 90.9 Å². The summed E-state index contributed by atoms with van der Waals surface area (Å²) in [6.45, 7) is 16.1. The van der Waals surface area contributed by atoms with Crippen molar-refractivity contribution >= 4 is 93.2 Å². The quantitative estimate of drug-likeness (QED) is 0.0946. The van der Waals surface area contributed by atoms with Gasteiger partial charge in [0.05, 0.1) is 10.4 Å². The number of fused-ring (bicyclic) bond motifs is 7. The van der Waals surface area contributed by atoms with Crippen LogP contribution < -0.4 is 4.90 Å². The van der Waals surface area contributed by atoms with E-state index in [9.17, 15) is 0 Å². The summed E-state index contributed by atoms with van der Waals surface area (Å²) in [6, 6.07) is 31.3. The third kappa shape index (κ3) is 6.68. The first-order valence-corrected chi connectivity index (χ1v) is 22.4. The highest BCUT2D eigenvalue weighted by molar-refractivity contribution is 9.10. The molecule has 2 nitrogen and oxygen atoms in total. The fourth-order valence-electron chi connectivity index (χ4n) is 9.64. The van der Waals surface area contributed by atoms with Crippen molar-refractivity contribution in [3.63, 3.8) is 0 Å². The summed E-state index contributed by atoms with van der Waals surface area (Å²) in [6.07, 6.45) is 16.4. The van der Waals surface area contributed by atoms with E-state index in [1.807, 2.05) is 0 Å². The van der Waals surface area contributed by atoms with Crippen LogP contribution in [0.3, 0.4) is 0 Å². The minimum atomic E-state index is -0.190. The highest BCUT2D eigenvalue weighted by Gasteiger charge is 2.46. The molecule has 5 aromatic rings. The van der Waals surface area contributed by atoms with Gasteiger partial charge in [-0.05, 0) is 113 Å². The van der Waals surface area contributed by atoms with Crippen LogP contribution in [0, 0.1) is 0 Å². The van der Waals surface area contributed by atoms with Crippen LogP contribution in [-0.2, 0) is 10.8 Å². The molecule has 0 unspecified atom stereocenters. The van der Waals surface area contributed by atoms with Crippen molar-refractivity contribution in [2.75, 3.05) is 18.0 Å². The Morgan fingerprint density at radius 2 is 1.32 bits per heavy atom. The molecule has 8 rings (SSSR count). The number of benzene rings is 5. The van der Waals surface area contributed by atoms with Gasteiger partial charge in [0.1, 0.15) is 6.54 Å². The zero-order valence-corrected chi connectivity index (χ0v) is 37.5. The summed E-state index contributed by atoms with van der Waals surface area (Å²) in [4.78, 5) is 2.58. The number of anilines is 1. The van der Waals surface area contributed by atoms with E-state index in [2.05, 4.69) is 192 Å². The topological polar surface area (TPSA) is 6.25 Å². The lowest BCUT2D eigenvalue weighted by atomic mass is 9.79. The Morgan fingerprint density at radius 1 is 0.679 bits per heavy atom. The second-order valence-electron chi connectivity index (χ2n) is 16.7. The van der Waals surface area contributed by atoms with E-state index in [1.165, 1.54) is 92.3 Å². The molecule has 3 aliphatic rings. The van der Waals surface area contributed by atoms with Crippen LogP contribution in [0.5, 0.6) is 0 Å². The lowest BCUT2D eigenvalue weighted by molar-refractivity contribution is -0.438. The van der Waals surface area contributed by atoms with Crippen molar-refractivity contribution in [1.29, 1.82) is 0 Å². The van der Waals surface area contributed by atoms with Crippen LogP contribution in [0.4, 0.5) is 11.4 Å². The van der Waals surface area contributed by atoms with Crippen molar-refractivity contribution in [1.82, 2.24) is 0 Å². The first-order valence-electron chi connectivity index (χ1n) is 20.5. The highest BCUT2D eigenvalue weighted by Crippen LogP contribution is 2.52. The number of hydrogen-bond acceptors (Lipinski definition) is 1. The number of allylic oxidation sites excluding steroid dienone is 8. The Labute approximate surface area is 355 Å². The number of hydrogen-bond donors (Lipinski definition) is 0. The highest BCUT2D eigenvalue weighted by atomic mass is 79.9. The van der Waals surface area contributed by atoms with Gasteiger partial charge in [0.2, 0.25) is 5.69 Å². The Kier molecular flexibility index (Phi) is 10.9. The van der Waals surface area contributed by atoms with Crippen LogP contribution >= 0.6 is 43.5 Å². The van der Waals surface area contributed by atoms with Crippen molar-refractivity contribution < 1.29 is 4.58 Å². The molecule has 0 spiro atoms. The maximum atomic E-state index is 7.55. The van der Waals surface area contributed by atoms with E-state index in [1.54, 1.807) is 0 Å². The Balaban J connectivity index is 1.22. The lowest BCUT2D eigenvalue weighted by Gasteiger charge is -2.27. The van der Waals surface area contributed by atoms with Crippen molar-refractivity contribution in [2.24, 2.45) is 0 Å². The number of halogens is 3. The SMILES string of the molecule is CCCCCN1/C(=C/C=C2C(Cl)=C(/C=C/C3=[N+](CCCCC)c4ccc5cc(Br)ccc5c4C3(C)C)c3ccccc3/2)C(C)(C)c2c1ccc1cc(Br)ccc21. The van der Waals surface area contributed by atoms with Crippen molar-refractivity contribution in [3.8, 4) is 0 Å². The molecule has 2 aliphatic heterocycles. The van der Waals surface area contributed by atoms with Crippen LogP contribution in [0.1, 0.15) is 102 Å². The molecule has 0 saturated carbocycles. The molecule has 286 valence electrons. The maximum Gasteiger partial charge on any atom is 0.210 e. The molecule has 5 heteroatoms. The monoisotopic (exact) mass is 885 g/mol. The van der Waals surface area contributed by atoms with E-state index in [4.69, 9.17) is 11.6 Å². The van der Waals surface area contributed by atoms with E-state index < -0.39 is 0 Å². The Bertz CT molecular complexity index is 2550. The van der Waals surface area contributed by atoms with Crippen molar-refractivity contribution in [3.05, 3.63) is 151 Å². The molecule has 2 heterocycles. The Hall–Kier alpha value is -3.70. The standard InChI is InChI=1S/C51H52Br2ClN2/c1-7-9-13-29-55-43-25-17-33-31-35(52)19-21-37(33)47(43)50(3,4)45(55)27-23-41-39-15-11-12-16-40(39)42(49(41)54)24-28-46-51(5,6)48-38-22-20-36(53)32-34(38)18-26-44(48)56(46)30-14-10-8-2/h11-12,15-28,31-32H,7-10,13-14,29-30H2,1-6H3/q+1. The molecule has 0 atom stereocenters. The maximum absolute atomic E-state index is 7.55. The molecule has 0 radical (unpaired) electrons. The van der Waals surface area contributed by atoms with Crippen LogP contribution in [0.2, 0.25) is 0 Å². The van der Waals surface area contributed by atoms with Gasteiger partial charge >= 0.3 is 0 Å². The molecule has 0 aromatic heterocycles.